The van der Waals surface area contributed by atoms with E-state index in [0.29, 0.717) is 39.1 Å². The number of alkyl halides is 3. The average Bonchev–Trinajstić information content (AvgIpc) is 3.10. The second-order valence-corrected chi connectivity index (χ2v) is 9.12. The van der Waals surface area contributed by atoms with Crippen molar-refractivity contribution in [3.8, 4) is 0 Å². The molecule has 30 heavy (non-hydrogen) atoms. The third-order valence-corrected chi connectivity index (χ3v) is 6.77. The van der Waals surface area contributed by atoms with Crippen LogP contribution in [0.1, 0.15) is 24.8 Å². The summed E-state index contributed by atoms with van der Waals surface area (Å²) in [6.45, 7) is 3.00. The highest BCUT2D eigenvalue weighted by molar-refractivity contribution is 5.79. The van der Waals surface area contributed by atoms with Gasteiger partial charge in [0.15, 0.2) is 0 Å². The van der Waals surface area contributed by atoms with Gasteiger partial charge in [0.05, 0.1) is 23.9 Å². The van der Waals surface area contributed by atoms with Crippen molar-refractivity contribution in [2.75, 3.05) is 32.8 Å². The van der Waals surface area contributed by atoms with E-state index in [1.54, 1.807) is 4.90 Å². The van der Waals surface area contributed by atoms with E-state index in [1.165, 1.54) is 4.68 Å². The molecule has 8 nitrogen and oxygen atoms in total. The van der Waals surface area contributed by atoms with Crippen molar-refractivity contribution in [3.63, 3.8) is 0 Å². The molecule has 4 heterocycles. The number of fused-ring (bicyclic) bond motifs is 1. The highest BCUT2D eigenvalue weighted by atomic mass is 19.4. The molecule has 3 aliphatic heterocycles. The lowest BCUT2D eigenvalue weighted by molar-refractivity contribution is -0.140. The fourth-order valence-corrected chi connectivity index (χ4v) is 5.40. The predicted octanol–water partition coefficient (Wildman–Crippen LogP) is 1.32. The van der Waals surface area contributed by atoms with E-state index < -0.39 is 11.7 Å². The smallest absolute Gasteiger partial charge is 0.366 e. The van der Waals surface area contributed by atoms with E-state index in [9.17, 15) is 22.8 Å². The van der Waals surface area contributed by atoms with Gasteiger partial charge in [0, 0.05) is 44.3 Å². The summed E-state index contributed by atoms with van der Waals surface area (Å²) in [7, 11) is 0. The molecule has 0 bridgehead atoms. The van der Waals surface area contributed by atoms with Gasteiger partial charge < -0.3 is 19.9 Å². The second-order valence-electron chi connectivity index (χ2n) is 9.12. The quantitative estimate of drug-likeness (QED) is 0.772. The number of amides is 3. The number of urea groups is 1. The van der Waals surface area contributed by atoms with Crippen LogP contribution in [0.3, 0.4) is 0 Å². The van der Waals surface area contributed by atoms with Crippen LogP contribution in [0.15, 0.2) is 12.4 Å². The monoisotopic (exact) mass is 427 g/mol. The zero-order chi connectivity index (χ0) is 21.1. The number of nitrogens with one attached hydrogen (secondary N) is 1. The van der Waals surface area contributed by atoms with E-state index in [0.717, 1.165) is 25.2 Å². The van der Waals surface area contributed by atoms with Crippen molar-refractivity contribution in [2.45, 2.75) is 44.1 Å². The Morgan fingerprint density at radius 3 is 2.77 bits per heavy atom. The number of hydrogen-bond acceptors (Lipinski definition) is 4. The van der Waals surface area contributed by atoms with Gasteiger partial charge in [-0.15, -0.1) is 0 Å². The largest absolute Gasteiger partial charge is 0.419 e. The first-order valence-electron chi connectivity index (χ1n) is 10.3. The topological polar surface area (TPSA) is 79.7 Å². The van der Waals surface area contributed by atoms with Crippen molar-refractivity contribution in [3.05, 3.63) is 18.0 Å². The van der Waals surface area contributed by atoms with Gasteiger partial charge in [-0.05, 0) is 25.2 Å². The van der Waals surface area contributed by atoms with Gasteiger partial charge >= 0.3 is 12.2 Å². The van der Waals surface area contributed by atoms with Crippen molar-refractivity contribution >= 4 is 11.9 Å². The van der Waals surface area contributed by atoms with Crippen LogP contribution in [0.2, 0.25) is 0 Å². The van der Waals surface area contributed by atoms with E-state index in [1.807, 2.05) is 4.90 Å². The Bertz CT molecular complexity index is 843. The highest BCUT2D eigenvalue weighted by Gasteiger charge is 2.54. The van der Waals surface area contributed by atoms with Crippen LogP contribution in [0.25, 0.3) is 0 Å². The van der Waals surface area contributed by atoms with E-state index >= 15 is 0 Å². The summed E-state index contributed by atoms with van der Waals surface area (Å²) in [5, 5.41) is 6.73. The summed E-state index contributed by atoms with van der Waals surface area (Å²) < 4.78 is 44.9. The maximum atomic E-state index is 12.8. The second kappa shape index (κ2) is 6.86. The SMILES string of the molecule is O=C1CO[C@H]2CCN(C(=O)N3CC4(CC(Cn5cc(C(F)(F)F)cn5)C4)C3)C[C@H]2N1. The number of piperidine rings is 1. The van der Waals surface area contributed by atoms with Crippen LogP contribution in [0.5, 0.6) is 0 Å². The Hall–Kier alpha value is -2.30. The maximum absolute atomic E-state index is 12.8. The van der Waals surface area contributed by atoms with E-state index in [2.05, 4.69) is 10.4 Å². The average molecular weight is 427 g/mol. The Labute approximate surface area is 171 Å². The van der Waals surface area contributed by atoms with Crippen molar-refractivity contribution in [1.82, 2.24) is 24.9 Å². The Kier molecular flexibility index (Phi) is 4.49. The first-order chi connectivity index (χ1) is 14.2. The molecule has 1 saturated carbocycles. The number of nitrogens with zero attached hydrogens (tertiary/aromatic N) is 4. The molecule has 1 aromatic rings. The molecule has 164 valence electrons. The van der Waals surface area contributed by atoms with Crippen molar-refractivity contribution < 1.29 is 27.5 Å². The first kappa shape index (κ1) is 19.7. The normalized spacial score (nSPS) is 28.6. The fraction of sp³-hybridized carbons (Fsp3) is 0.737. The van der Waals surface area contributed by atoms with Crippen molar-refractivity contribution in [2.24, 2.45) is 11.3 Å². The number of rotatable bonds is 2. The summed E-state index contributed by atoms with van der Waals surface area (Å²) in [5.41, 5.74) is -0.624. The molecular weight excluding hydrogens is 403 g/mol. The van der Waals surface area contributed by atoms with E-state index in [-0.39, 0.29) is 42.0 Å². The minimum absolute atomic E-state index is 0.00996. The molecule has 2 atom stereocenters. The zero-order valence-electron chi connectivity index (χ0n) is 16.4. The molecule has 1 spiro atoms. The number of hydrogen-bond donors (Lipinski definition) is 1. The van der Waals surface area contributed by atoms with Crippen molar-refractivity contribution in [1.29, 1.82) is 0 Å². The van der Waals surface area contributed by atoms with Crippen LogP contribution in [0, 0.1) is 11.3 Å². The Balaban J connectivity index is 1.08. The molecular formula is C19H24F3N5O3. The molecule has 11 heteroatoms. The lowest BCUT2D eigenvalue weighted by Gasteiger charge is -2.59. The number of aromatic nitrogens is 2. The van der Waals surface area contributed by atoms with Crippen LogP contribution < -0.4 is 5.32 Å². The lowest BCUT2D eigenvalue weighted by Crippen LogP contribution is -2.68. The third kappa shape index (κ3) is 3.52. The van der Waals surface area contributed by atoms with Gasteiger partial charge in [-0.1, -0.05) is 0 Å². The molecule has 0 aromatic carbocycles. The third-order valence-electron chi connectivity index (χ3n) is 6.77. The highest BCUT2D eigenvalue weighted by Crippen LogP contribution is 2.52. The van der Waals surface area contributed by atoms with Gasteiger partial charge in [0.2, 0.25) is 5.91 Å². The maximum Gasteiger partial charge on any atom is 0.419 e. The number of likely N-dealkylation sites (tertiary alicyclic amines) is 2. The number of carbonyl (C=O) groups is 2. The van der Waals surface area contributed by atoms with E-state index in [4.69, 9.17) is 4.74 Å². The van der Waals surface area contributed by atoms with Crippen LogP contribution in [-0.4, -0.2) is 76.5 Å². The molecule has 1 N–H and O–H groups in total. The standard InChI is InChI=1S/C19H24F3N5O3/c20-19(21,22)13-5-23-27(7-13)6-12-3-18(4-12)10-26(11-18)17(29)25-2-1-15-14(8-25)24-16(28)9-30-15/h5,7,12,14-15H,1-4,6,8-11H2,(H,24,28)/t14-,15+/m1/s1. The molecule has 4 aliphatic rings. The summed E-state index contributed by atoms with van der Waals surface area (Å²) >= 11 is 0. The summed E-state index contributed by atoms with van der Waals surface area (Å²) in [5.74, 6) is 0.141. The molecule has 3 amide bonds. The molecule has 1 aliphatic carbocycles. The zero-order valence-corrected chi connectivity index (χ0v) is 16.4. The molecule has 3 saturated heterocycles. The van der Waals surface area contributed by atoms with Crippen LogP contribution in [-0.2, 0) is 22.3 Å². The molecule has 4 fully saturated rings. The molecule has 5 rings (SSSR count). The number of ether oxygens (including phenoxy) is 1. The summed E-state index contributed by atoms with van der Waals surface area (Å²) in [4.78, 5) is 27.9. The van der Waals surface area contributed by atoms with Gasteiger partial charge in [-0.25, -0.2) is 4.79 Å². The minimum atomic E-state index is -4.37. The summed E-state index contributed by atoms with van der Waals surface area (Å²) in [6, 6.07) is -0.160. The Morgan fingerprint density at radius 2 is 2.07 bits per heavy atom. The molecule has 1 aromatic heterocycles. The fourth-order valence-electron chi connectivity index (χ4n) is 5.40. The van der Waals surface area contributed by atoms with Crippen LogP contribution >= 0.6 is 0 Å². The Morgan fingerprint density at radius 1 is 1.30 bits per heavy atom. The predicted molar refractivity (Wildman–Crippen MR) is 97.2 cm³/mol. The number of morpholine rings is 1. The molecule has 0 unspecified atom stereocenters. The van der Waals surface area contributed by atoms with Crippen LogP contribution in [0.4, 0.5) is 18.0 Å². The lowest BCUT2D eigenvalue weighted by atomic mass is 9.58. The first-order valence-corrected chi connectivity index (χ1v) is 10.3. The van der Waals surface area contributed by atoms with Gasteiger partial charge in [0.1, 0.15) is 6.61 Å². The van der Waals surface area contributed by atoms with Gasteiger partial charge in [-0.2, -0.15) is 18.3 Å². The summed E-state index contributed by atoms with van der Waals surface area (Å²) in [6.07, 6.45) is 0.0255. The number of carbonyl (C=O) groups excluding carboxylic acids is 2. The molecule has 0 radical (unpaired) electrons. The van der Waals surface area contributed by atoms with Gasteiger partial charge in [0.25, 0.3) is 0 Å². The number of halogens is 3. The van der Waals surface area contributed by atoms with Gasteiger partial charge in [-0.3, -0.25) is 9.48 Å². The minimum Gasteiger partial charge on any atom is -0.366 e.